The number of rotatable bonds is 6. The number of carbonyl (C=O) groups is 1. The van der Waals surface area contributed by atoms with Crippen molar-refractivity contribution in [2.24, 2.45) is 18.1 Å². The lowest BCUT2D eigenvalue weighted by Gasteiger charge is -2.38. The number of hydrogen-bond acceptors (Lipinski definition) is 7. The first-order valence-electron chi connectivity index (χ1n) is 15.3. The summed E-state index contributed by atoms with van der Waals surface area (Å²) in [6.07, 6.45) is 6.27. The van der Waals surface area contributed by atoms with E-state index in [1.807, 2.05) is 39.8 Å². The molecule has 0 bridgehead atoms. The number of piperidine rings is 1. The molecule has 0 radical (unpaired) electrons. The highest BCUT2D eigenvalue weighted by molar-refractivity contribution is 5.88. The third-order valence-corrected chi connectivity index (χ3v) is 8.89. The number of aromatic nitrogens is 3. The monoisotopic (exact) mass is 565 g/mol. The highest BCUT2D eigenvalue weighted by Crippen LogP contribution is 2.42. The van der Waals surface area contributed by atoms with Gasteiger partial charge < -0.3 is 23.8 Å². The second-order valence-electron chi connectivity index (χ2n) is 13.5. The molecular formula is C32H47N5O4. The van der Waals surface area contributed by atoms with Crippen LogP contribution in [0.2, 0.25) is 0 Å². The molecule has 1 aromatic carbocycles. The van der Waals surface area contributed by atoms with E-state index >= 15 is 0 Å². The molecule has 5 rings (SSSR count). The minimum Gasteiger partial charge on any atom is -0.483 e. The van der Waals surface area contributed by atoms with Crippen LogP contribution in [-0.4, -0.2) is 55.8 Å². The number of oxime groups is 1. The van der Waals surface area contributed by atoms with E-state index in [4.69, 9.17) is 14.3 Å². The summed E-state index contributed by atoms with van der Waals surface area (Å²) in [7, 11) is 2.06. The largest absolute Gasteiger partial charge is 0.483 e. The van der Waals surface area contributed by atoms with Crippen LogP contribution in [0.15, 0.2) is 29.4 Å². The smallest absolute Gasteiger partial charge is 0.410 e. The Morgan fingerprint density at radius 1 is 1.05 bits per heavy atom. The number of ether oxygens (including phenoxy) is 2. The summed E-state index contributed by atoms with van der Waals surface area (Å²) in [5.74, 6) is 4.03. The van der Waals surface area contributed by atoms with Crippen LogP contribution in [0.5, 0.6) is 5.75 Å². The zero-order valence-corrected chi connectivity index (χ0v) is 25.9. The summed E-state index contributed by atoms with van der Waals surface area (Å²) < 4.78 is 14.0. The van der Waals surface area contributed by atoms with Crippen molar-refractivity contribution in [3.8, 4) is 5.75 Å². The third kappa shape index (κ3) is 6.70. The average Bonchev–Trinajstić information content (AvgIpc) is 3.52. The highest BCUT2D eigenvalue weighted by Gasteiger charge is 2.45. The van der Waals surface area contributed by atoms with Gasteiger partial charge in [-0.15, -0.1) is 10.2 Å². The van der Waals surface area contributed by atoms with Crippen LogP contribution in [0.3, 0.4) is 0 Å². The first kappa shape index (κ1) is 29.4. The Hall–Kier alpha value is -3.10. The number of likely N-dealkylation sites (tertiary alicyclic amines) is 1. The Labute approximate surface area is 244 Å². The van der Waals surface area contributed by atoms with Gasteiger partial charge in [-0.1, -0.05) is 31.1 Å². The molecule has 1 saturated heterocycles. The molecule has 1 unspecified atom stereocenters. The predicted octanol–water partition coefficient (Wildman–Crippen LogP) is 6.90. The zero-order chi connectivity index (χ0) is 29.4. The van der Waals surface area contributed by atoms with Crippen LogP contribution in [-0.2, 0) is 16.6 Å². The Kier molecular flexibility index (Phi) is 8.35. The van der Waals surface area contributed by atoms with Crippen molar-refractivity contribution >= 4 is 11.8 Å². The predicted molar refractivity (Wildman–Crippen MR) is 158 cm³/mol. The Balaban J connectivity index is 1.12. The van der Waals surface area contributed by atoms with Crippen LogP contribution in [0.4, 0.5) is 4.79 Å². The van der Waals surface area contributed by atoms with E-state index in [1.165, 1.54) is 11.3 Å². The van der Waals surface area contributed by atoms with Gasteiger partial charge in [0.15, 0.2) is 11.9 Å². The normalized spacial score (nSPS) is 23.3. The molecule has 41 heavy (non-hydrogen) atoms. The minimum absolute atomic E-state index is 0.192. The van der Waals surface area contributed by atoms with Crippen molar-refractivity contribution in [3.05, 3.63) is 41.5 Å². The highest BCUT2D eigenvalue weighted by atomic mass is 16.7. The van der Waals surface area contributed by atoms with E-state index in [9.17, 15) is 4.79 Å². The average molecular weight is 566 g/mol. The summed E-state index contributed by atoms with van der Waals surface area (Å²) in [4.78, 5) is 20.3. The van der Waals surface area contributed by atoms with E-state index in [-0.39, 0.29) is 17.8 Å². The van der Waals surface area contributed by atoms with Gasteiger partial charge in [-0.05, 0) is 77.0 Å². The summed E-state index contributed by atoms with van der Waals surface area (Å²) in [5.41, 5.74) is 1.70. The number of benzene rings is 1. The van der Waals surface area contributed by atoms with Crippen LogP contribution in [0, 0.1) is 5.92 Å². The molecule has 9 nitrogen and oxygen atoms in total. The fourth-order valence-corrected chi connectivity index (χ4v) is 6.41. The molecule has 2 fully saturated rings. The quantitative estimate of drug-likeness (QED) is 0.378. The van der Waals surface area contributed by atoms with Crippen molar-refractivity contribution < 1.29 is 19.1 Å². The zero-order valence-electron chi connectivity index (χ0n) is 25.9. The van der Waals surface area contributed by atoms with Crippen molar-refractivity contribution in [1.82, 2.24) is 19.7 Å². The second-order valence-corrected chi connectivity index (χ2v) is 13.5. The van der Waals surface area contributed by atoms with Gasteiger partial charge in [0.2, 0.25) is 0 Å². The summed E-state index contributed by atoms with van der Waals surface area (Å²) in [6.45, 7) is 13.4. The van der Waals surface area contributed by atoms with Crippen LogP contribution in [0.1, 0.15) is 122 Å². The van der Waals surface area contributed by atoms with E-state index in [2.05, 4.69) is 52.9 Å². The molecule has 2 aliphatic heterocycles. The number of carbonyl (C=O) groups excluding carboxylic acids is 1. The maximum absolute atomic E-state index is 12.5. The van der Waals surface area contributed by atoms with E-state index in [1.54, 1.807) is 4.90 Å². The number of hydrogen-bond donors (Lipinski definition) is 0. The van der Waals surface area contributed by atoms with Gasteiger partial charge in [-0.25, -0.2) is 4.79 Å². The van der Waals surface area contributed by atoms with E-state index in [0.29, 0.717) is 30.8 Å². The van der Waals surface area contributed by atoms with Gasteiger partial charge in [0.05, 0.1) is 5.71 Å². The third-order valence-electron chi connectivity index (χ3n) is 8.89. The summed E-state index contributed by atoms with van der Waals surface area (Å²) in [6, 6.07) is 8.30. The molecule has 1 aliphatic carbocycles. The molecule has 1 spiro atoms. The van der Waals surface area contributed by atoms with Gasteiger partial charge in [-0.3, -0.25) is 0 Å². The lowest BCUT2D eigenvalue weighted by Crippen LogP contribution is -2.48. The van der Waals surface area contributed by atoms with Crippen molar-refractivity contribution in [2.45, 2.75) is 116 Å². The Bertz CT molecular complexity index is 1250. The maximum Gasteiger partial charge on any atom is 0.410 e. The van der Waals surface area contributed by atoms with Gasteiger partial charge in [0.1, 0.15) is 22.8 Å². The molecule has 3 aliphatic rings. The maximum atomic E-state index is 12.5. The summed E-state index contributed by atoms with van der Waals surface area (Å²) in [5, 5.41) is 13.8. The fraction of sp³-hybridized carbons (Fsp3) is 0.688. The minimum atomic E-state index is -0.482. The second kappa shape index (κ2) is 11.6. The summed E-state index contributed by atoms with van der Waals surface area (Å²) >= 11 is 0. The van der Waals surface area contributed by atoms with Crippen LogP contribution < -0.4 is 4.74 Å². The molecule has 1 saturated carbocycles. The Morgan fingerprint density at radius 3 is 2.39 bits per heavy atom. The van der Waals surface area contributed by atoms with E-state index in [0.717, 1.165) is 62.3 Å². The molecule has 3 heterocycles. The number of nitrogens with zero attached hydrogens (tertiary/aromatic N) is 5. The van der Waals surface area contributed by atoms with Gasteiger partial charge >= 0.3 is 6.09 Å². The molecule has 2 aromatic rings. The molecule has 1 amide bonds. The molecule has 1 atom stereocenters. The van der Waals surface area contributed by atoms with Crippen molar-refractivity contribution in [1.29, 1.82) is 0 Å². The number of amides is 1. The first-order chi connectivity index (χ1) is 19.4. The molecule has 9 heteroatoms. The topological polar surface area (TPSA) is 91.1 Å². The van der Waals surface area contributed by atoms with Gasteiger partial charge in [-0.2, -0.15) is 0 Å². The van der Waals surface area contributed by atoms with E-state index < -0.39 is 5.60 Å². The van der Waals surface area contributed by atoms with Crippen LogP contribution in [0.25, 0.3) is 0 Å². The fourth-order valence-electron chi connectivity index (χ4n) is 6.41. The van der Waals surface area contributed by atoms with Gasteiger partial charge in [0.25, 0.3) is 0 Å². The molecule has 224 valence electrons. The lowest BCUT2D eigenvalue weighted by molar-refractivity contribution is -0.0639. The first-order valence-corrected chi connectivity index (χ1v) is 15.3. The van der Waals surface area contributed by atoms with Crippen LogP contribution >= 0.6 is 0 Å². The van der Waals surface area contributed by atoms with Crippen molar-refractivity contribution in [3.63, 3.8) is 0 Å². The molecular weight excluding hydrogens is 518 g/mol. The van der Waals surface area contributed by atoms with Crippen molar-refractivity contribution in [2.75, 3.05) is 13.1 Å². The lowest BCUT2D eigenvalue weighted by atomic mass is 9.76. The standard InChI is InChI=1S/C32H47N5O4/c1-21(2)25-9-8-10-26(19-25)39-22(3)28-33-34-29(36(28)7)24-13-11-23(12-14-24)27-20-32(41-35-27)15-17-37(18-16-32)30(38)40-31(4,5)6/h8-10,19,21-24H,11-18,20H2,1-7H3/t22?,23-,24-. The van der Waals surface area contributed by atoms with Gasteiger partial charge in [0, 0.05) is 51.2 Å². The SMILES string of the molecule is CC(C)c1cccc(OC(C)c2nnc([C@H]3CC[C@H](C4=NOC5(CCN(C(=O)OC(C)(C)C)CC5)C4)CC3)n2C)c1. The molecule has 0 N–H and O–H groups in total. The molecule has 1 aromatic heterocycles. The Morgan fingerprint density at radius 2 is 1.73 bits per heavy atom.